The lowest BCUT2D eigenvalue weighted by atomic mass is 9.98. The molecule has 0 atom stereocenters. The van der Waals surface area contributed by atoms with E-state index in [9.17, 15) is 0 Å². The molecule has 0 saturated carbocycles. The molecule has 0 N–H and O–H groups in total. The first-order valence-electron chi connectivity index (χ1n) is 18.5. The zero-order chi connectivity index (χ0) is 36.7. The van der Waals surface area contributed by atoms with Crippen molar-refractivity contribution in [1.82, 2.24) is 0 Å². The zero-order valence-electron chi connectivity index (χ0n) is 30.7. The third-order valence-corrected chi connectivity index (χ3v) is 9.82. The van der Waals surface area contributed by atoms with Gasteiger partial charge in [0.1, 0.15) is 0 Å². The second kappa shape index (κ2) is 15.8. The minimum atomic E-state index is 1.12. The van der Waals surface area contributed by atoms with Crippen LogP contribution in [-0.4, -0.2) is 0 Å². The summed E-state index contributed by atoms with van der Waals surface area (Å²) in [5.74, 6) is 0. The van der Waals surface area contributed by atoms with Crippen molar-refractivity contribution in [2.45, 2.75) is 13.8 Å². The fourth-order valence-electron chi connectivity index (χ4n) is 6.91. The van der Waals surface area contributed by atoms with E-state index in [-0.39, 0.29) is 0 Å². The highest BCUT2D eigenvalue weighted by molar-refractivity contribution is 5.99. The molecule has 260 valence electrons. The van der Waals surface area contributed by atoms with Gasteiger partial charge in [-0.3, -0.25) is 0 Å². The maximum absolute atomic E-state index is 2.30. The summed E-state index contributed by atoms with van der Waals surface area (Å²) in [5.41, 5.74) is 14.0. The van der Waals surface area contributed by atoms with Crippen molar-refractivity contribution < 1.29 is 0 Å². The van der Waals surface area contributed by atoms with Gasteiger partial charge in [-0.1, -0.05) is 157 Å². The Morgan fingerprint density at radius 3 is 0.926 bits per heavy atom. The maximum Gasteiger partial charge on any atom is 0.0462 e. The first-order chi connectivity index (χ1) is 26.6. The van der Waals surface area contributed by atoms with Gasteiger partial charge in [0, 0.05) is 34.1 Å². The van der Waals surface area contributed by atoms with Crippen LogP contribution in [0.2, 0.25) is 0 Å². The summed E-state index contributed by atoms with van der Waals surface area (Å²) in [6, 6.07) is 69.2. The van der Waals surface area contributed by atoms with Crippen molar-refractivity contribution in [3.05, 3.63) is 228 Å². The van der Waals surface area contributed by atoms with E-state index in [1.165, 1.54) is 33.0 Å². The van der Waals surface area contributed by atoms with Gasteiger partial charge in [0.25, 0.3) is 0 Å². The lowest BCUT2D eigenvalue weighted by Gasteiger charge is -2.25. The van der Waals surface area contributed by atoms with E-state index in [1.54, 1.807) is 0 Å². The summed E-state index contributed by atoms with van der Waals surface area (Å²) in [6.07, 6.45) is 8.86. The normalized spacial score (nSPS) is 11.4. The summed E-state index contributed by atoms with van der Waals surface area (Å²) in [6.45, 7) is 4.25. The minimum absolute atomic E-state index is 1.12. The first kappa shape index (κ1) is 34.2. The molecule has 0 bridgehead atoms. The van der Waals surface area contributed by atoms with Crippen LogP contribution in [0.4, 0.5) is 34.1 Å². The summed E-state index contributed by atoms with van der Waals surface area (Å²) in [5, 5.41) is 2.46. The predicted octanol–water partition coefficient (Wildman–Crippen LogP) is 14.7. The van der Waals surface area contributed by atoms with Crippen LogP contribution in [0.5, 0.6) is 0 Å². The van der Waals surface area contributed by atoms with Crippen molar-refractivity contribution in [1.29, 1.82) is 0 Å². The lowest BCUT2D eigenvalue weighted by molar-refractivity contribution is 1.27. The van der Waals surface area contributed by atoms with Gasteiger partial charge in [0.15, 0.2) is 0 Å². The van der Waals surface area contributed by atoms with Crippen molar-refractivity contribution in [3.8, 4) is 0 Å². The average Bonchev–Trinajstić information content (AvgIpc) is 3.23. The van der Waals surface area contributed by atoms with E-state index in [0.29, 0.717) is 0 Å². The van der Waals surface area contributed by atoms with Crippen LogP contribution in [0.25, 0.3) is 35.1 Å². The van der Waals surface area contributed by atoms with Crippen LogP contribution in [0.1, 0.15) is 33.4 Å². The average molecular weight is 695 g/mol. The molecule has 0 aliphatic heterocycles. The highest BCUT2D eigenvalue weighted by Gasteiger charge is 2.13. The van der Waals surface area contributed by atoms with Crippen LogP contribution in [-0.2, 0) is 0 Å². The molecule has 0 heterocycles. The van der Waals surface area contributed by atoms with Gasteiger partial charge in [0.05, 0.1) is 0 Å². The molecule has 0 radical (unpaired) electrons. The molecule has 0 amide bonds. The molecule has 0 unspecified atom stereocenters. The largest absolute Gasteiger partial charge is 0.311 e. The number of benzene rings is 8. The van der Waals surface area contributed by atoms with E-state index in [2.05, 4.69) is 242 Å². The van der Waals surface area contributed by atoms with Gasteiger partial charge in [-0.25, -0.2) is 0 Å². The fourth-order valence-corrected chi connectivity index (χ4v) is 6.91. The standard InChI is InChI=1S/C52H42N2/c1-39-17-31-47(32-18-39)53(45-11-5-3-6-12-45)49-35-23-41(24-36-49)21-27-43-29-30-44(52-16-10-9-15-51(43)52)28-22-42-25-37-50(38-26-42)54(46-13-7-4-8-14-46)48-33-19-40(2)20-34-48/h3-38H,1-2H3/b27-21+,28-22+. The Labute approximate surface area is 319 Å². The predicted molar refractivity (Wildman–Crippen MR) is 234 cm³/mol. The first-order valence-corrected chi connectivity index (χ1v) is 18.5. The molecular weight excluding hydrogens is 653 g/mol. The molecule has 0 fully saturated rings. The van der Waals surface area contributed by atoms with Crippen LogP contribution in [0, 0.1) is 13.8 Å². The van der Waals surface area contributed by atoms with Crippen LogP contribution < -0.4 is 9.80 Å². The van der Waals surface area contributed by atoms with Gasteiger partial charge in [-0.05, 0) is 120 Å². The highest BCUT2D eigenvalue weighted by Crippen LogP contribution is 2.36. The van der Waals surface area contributed by atoms with Gasteiger partial charge in [-0.15, -0.1) is 0 Å². The van der Waals surface area contributed by atoms with E-state index in [4.69, 9.17) is 0 Å². The molecule has 2 nitrogen and oxygen atoms in total. The Morgan fingerprint density at radius 2 is 0.574 bits per heavy atom. The number of hydrogen-bond acceptors (Lipinski definition) is 2. The molecule has 0 aliphatic carbocycles. The Hall–Kier alpha value is -6.90. The number of nitrogens with zero attached hydrogens (tertiary/aromatic N) is 2. The topological polar surface area (TPSA) is 6.48 Å². The summed E-state index contributed by atoms with van der Waals surface area (Å²) >= 11 is 0. The van der Waals surface area contributed by atoms with Crippen molar-refractivity contribution in [3.63, 3.8) is 0 Å². The summed E-state index contributed by atoms with van der Waals surface area (Å²) < 4.78 is 0. The SMILES string of the molecule is Cc1ccc(N(c2ccccc2)c2ccc(/C=C/c3ccc(/C=C/c4ccc(N(c5ccccc5)c5ccc(C)cc5)cc4)c4ccccc34)cc2)cc1. The molecule has 0 aliphatic rings. The monoisotopic (exact) mass is 694 g/mol. The summed E-state index contributed by atoms with van der Waals surface area (Å²) in [7, 11) is 0. The zero-order valence-corrected chi connectivity index (χ0v) is 30.7. The van der Waals surface area contributed by atoms with Gasteiger partial charge >= 0.3 is 0 Å². The highest BCUT2D eigenvalue weighted by atomic mass is 15.1. The molecule has 8 aromatic rings. The summed E-state index contributed by atoms with van der Waals surface area (Å²) in [4.78, 5) is 4.59. The minimum Gasteiger partial charge on any atom is -0.311 e. The van der Waals surface area contributed by atoms with Crippen LogP contribution in [0.3, 0.4) is 0 Å². The quantitative estimate of drug-likeness (QED) is 0.132. The molecule has 54 heavy (non-hydrogen) atoms. The third kappa shape index (κ3) is 7.65. The third-order valence-electron chi connectivity index (χ3n) is 9.82. The molecule has 8 aromatic carbocycles. The Kier molecular flexibility index (Phi) is 9.99. The number of para-hydroxylation sites is 2. The number of hydrogen-bond donors (Lipinski definition) is 0. The molecule has 8 rings (SSSR count). The van der Waals surface area contributed by atoms with Crippen molar-refractivity contribution in [2.24, 2.45) is 0 Å². The van der Waals surface area contributed by atoms with Crippen LogP contribution in [0.15, 0.2) is 194 Å². The van der Waals surface area contributed by atoms with E-state index >= 15 is 0 Å². The Balaban J connectivity index is 1.02. The van der Waals surface area contributed by atoms with Gasteiger partial charge in [0.2, 0.25) is 0 Å². The second-order valence-corrected chi connectivity index (χ2v) is 13.7. The molecule has 0 spiro atoms. The van der Waals surface area contributed by atoms with E-state index in [1.807, 2.05) is 0 Å². The van der Waals surface area contributed by atoms with Gasteiger partial charge in [-0.2, -0.15) is 0 Å². The van der Waals surface area contributed by atoms with Gasteiger partial charge < -0.3 is 9.80 Å². The molecular formula is C52H42N2. The van der Waals surface area contributed by atoms with E-state index < -0.39 is 0 Å². The number of rotatable bonds is 10. The second-order valence-electron chi connectivity index (χ2n) is 13.7. The molecule has 2 heteroatoms. The maximum atomic E-state index is 2.30. The number of aryl methyl sites for hydroxylation is 2. The smallest absolute Gasteiger partial charge is 0.0462 e. The number of anilines is 6. The van der Waals surface area contributed by atoms with Crippen molar-refractivity contribution >= 4 is 69.2 Å². The number of fused-ring (bicyclic) bond motifs is 1. The molecule has 0 aromatic heterocycles. The lowest BCUT2D eigenvalue weighted by Crippen LogP contribution is -2.09. The Morgan fingerprint density at radius 1 is 0.278 bits per heavy atom. The molecule has 0 saturated heterocycles. The van der Waals surface area contributed by atoms with Crippen molar-refractivity contribution in [2.75, 3.05) is 9.80 Å². The van der Waals surface area contributed by atoms with Crippen LogP contribution >= 0.6 is 0 Å². The van der Waals surface area contributed by atoms with E-state index in [0.717, 1.165) is 45.3 Å². The fraction of sp³-hybridized carbons (Fsp3) is 0.0385. The Bertz CT molecular complexity index is 2330.